The van der Waals surface area contributed by atoms with Crippen molar-refractivity contribution >= 4 is 5.97 Å². The number of esters is 1. The van der Waals surface area contributed by atoms with Gasteiger partial charge in [0.25, 0.3) is 0 Å². The van der Waals surface area contributed by atoms with Crippen molar-refractivity contribution in [1.82, 2.24) is 0 Å². The van der Waals surface area contributed by atoms with Crippen LogP contribution in [0.3, 0.4) is 0 Å². The molecule has 1 aromatic rings. The van der Waals surface area contributed by atoms with E-state index in [0.717, 1.165) is 5.56 Å². The molecule has 0 aliphatic carbocycles. The molecule has 75 valence electrons. The van der Waals surface area contributed by atoms with Crippen molar-refractivity contribution in [3.63, 3.8) is 0 Å². The summed E-state index contributed by atoms with van der Waals surface area (Å²) in [5, 5.41) is 0. The lowest BCUT2D eigenvalue weighted by Crippen LogP contribution is -2.15. The van der Waals surface area contributed by atoms with Crippen LogP contribution in [0.1, 0.15) is 19.4 Å². The molecule has 0 spiro atoms. The second kappa shape index (κ2) is 4.80. The lowest BCUT2D eigenvalue weighted by Gasteiger charge is -2.09. The molecule has 2 heteroatoms. The van der Waals surface area contributed by atoms with E-state index in [1.807, 2.05) is 32.0 Å². The molecule has 0 bridgehead atoms. The zero-order valence-corrected chi connectivity index (χ0v) is 8.62. The normalized spacial score (nSPS) is 10.3. The Balaban J connectivity index is 2.80. The van der Waals surface area contributed by atoms with Crippen molar-refractivity contribution in [2.45, 2.75) is 20.3 Å². The number of ether oxygens (including phenoxy) is 1. The third-order valence-corrected chi connectivity index (χ3v) is 1.92. The maximum atomic E-state index is 11.3. The van der Waals surface area contributed by atoms with E-state index in [4.69, 9.17) is 4.74 Å². The lowest BCUT2D eigenvalue weighted by molar-refractivity contribution is -0.137. The lowest BCUT2D eigenvalue weighted by atomic mass is 10.1. The van der Waals surface area contributed by atoms with E-state index in [1.165, 1.54) is 0 Å². The van der Waals surface area contributed by atoms with Crippen LogP contribution in [0.2, 0.25) is 0 Å². The summed E-state index contributed by atoms with van der Waals surface area (Å²) in [5.74, 6) is 0.319. The maximum absolute atomic E-state index is 11.3. The molecular weight excluding hydrogens is 176 g/mol. The summed E-state index contributed by atoms with van der Waals surface area (Å²) in [6.45, 7) is 7.41. The molecule has 0 N–H and O–H groups in total. The van der Waals surface area contributed by atoms with Gasteiger partial charge in [-0.25, -0.2) is 0 Å². The van der Waals surface area contributed by atoms with Crippen molar-refractivity contribution in [1.29, 1.82) is 0 Å². The van der Waals surface area contributed by atoms with Crippen LogP contribution in [-0.4, -0.2) is 5.97 Å². The molecular formula is C12H15O2. The van der Waals surface area contributed by atoms with E-state index in [2.05, 4.69) is 6.92 Å². The summed E-state index contributed by atoms with van der Waals surface area (Å²) in [6.07, 6.45) is 0.627. The van der Waals surface area contributed by atoms with Gasteiger partial charge in [-0.3, -0.25) is 4.79 Å². The summed E-state index contributed by atoms with van der Waals surface area (Å²) in [4.78, 5) is 11.3. The van der Waals surface area contributed by atoms with Gasteiger partial charge in [-0.2, -0.15) is 0 Å². The Kier molecular flexibility index (Phi) is 3.69. The first-order chi connectivity index (χ1) is 6.65. The second-order valence-electron chi connectivity index (χ2n) is 3.43. The van der Waals surface area contributed by atoms with E-state index < -0.39 is 0 Å². The maximum Gasteiger partial charge on any atom is 0.313 e. The Morgan fingerprint density at radius 3 is 2.64 bits per heavy atom. The first kappa shape index (κ1) is 10.8. The zero-order valence-electron chi connectivity index (χ0n) is 8.62. The molecule has 0 atom stereocenters. The number of benzene rings is 1. The molecule has 0 amide bonds. The molecule has 1 aromatic carbocycles. The van der Waals surface area contributed by atoms with E-state index in [1.54, 1.807) is 6.07 Å². The summed E-state index contributed by atoms with van der Waals surface area (Å²) in [6, 6.07) is 7.46. The van der Waals surface area contributed by atoms with Crippen molar-refractivity contribution in [2.75, 3.05) is 0 Å². The van der Waals surface area contributed by atoms with Gasteiger partial charge in [0.05, 0.1) is 5.92 Å². The standard InChI is InChI=1S/C12H15O2/c1-4-10-7-5-6-8-11(10)14-12(13)9(2)3/h5-9H,1,4H2,2-3H3. The summed E-state index contributed by atoms with van der Waals surface area (Å²) < 4.78 is 5.22. The van der Waals surface area contributed by atoms with Gasteiger partial charge < -0.3 is 4.74 Å². The number of para-hydroxylation sites is 1. The fourth-order valence-electron chi connectivity index (χ4n) is 1.04. The van der Waals surface area contributed by atoms with E-state index >= 15 is 0 Å². The Morgan fingerprint density at radius 1 is 1.43 bits per heavy atom. The first-order valence-corrected chi connectivity index (χ1v) is 4.74. The SMILES string of the molecule is [CH2]Cc1ccccc1OC(=O)C(C)C. The van der Waals surface area contributed by atoms with Crippen LogP contribution >= 0.6 is 0 Å². The van der Waals surface area contributed by atoms with Gasteiger partial charge in [0.2, 0.25) is 0 Å². The smallest absolute Gasteiger partial charge is 0.313 e. The molecule has 14 heavy (non-hydrogen) atoms. The Labute approximate surface area is 84.9 Å². The molecule has 0 aliphatic rings. The Hall–Kier alpha value is -1.31. The van der Waals surface area contributed by atoms with Crippen LogP contribution in [0.15, 0.2) is 24.3 Å². The number of hydrogen-bond donors (Lipinski definition) is 0. The fraction of sp³-hybridized carbons (Fsp3) is 0.333. The van der Waals surface area contributed by atoms with Crippen molar-refractivity contribution in [3.05, 3.63) is 36.8 Å². The monoisotopic (exact) mass is 191 g/mol. The van der Waals surface area contributed by atoms with Gasteiger partial charge in [0.1, 0.15) is 5.75 Å². The Morgan fingerprint density at radius 2 is 2.07 bits per heavy atom. The third-order valence-electron chi connectivity index (χ3n) is 1.92. The predicted octanol–water partition coefficient (Wildman–Crippen LogP) is 2.62. The summed E-state index contributed by atoms with van der Waals surface area (Å²) >= 11 is 0. The molecule has 0 heterocycles. The zero-order chi connectivity index (χ0) is 10.6. The van der Waals surface area contributed by atoms with E-state index in [0.29, 0.717) is 12.2 Å². The predicted molar refractivity (Wildman–Crippen MR) is 56.0 cm³/mol. The highest BCUT2D eigenvalue weighted by atomic mass is 16.5. The molecule has 0 aromatic heterocycles. The van der Waals surface area contributed by atoms with Gasteiger partial charge in [-0.15, -0.1) is 0 Å². The van der Waals surface area contributed by atoms with Crippen molar-refractivity contribution < 1.29 is 9.53 Å². The van der Waals surface area contributed by atoms with Gasteiger partial charge >= 0.3 is 5.97 Å². The number of hydrogen-bond acceptors (Lipinski definition) is 2. The second-order valence-corrected chi connectivity index (χ2v) is 3.43. The fourth-order valence-corrected chi connectivity index (χ4v) is 1.04. The number of rotatable bonds is 3. The van der Waals surface area contributed by atoms with Crippen molar-refractivity contribution in [2.24, 2.45) is 5.92 Å². The van der Waals surface area contributed by atoms with Crippen LogP contribution < -0.4 is 4.74 Å². The molecule has 0 aliphatic heterocycles. The minimum Gasteiger partial charge on any atom is -0.426 e. The van der Waals surface area contributed by atoms with Crippen LogP contribution in [0.5, 0.6) is 5.75 Å². The third kappa shape index (κ3) is 2.59. The van der Waals surface area contributed by atoms with E-state index in [9.17, 15) is 4.79 Å². The van der Waals surface area contributed by atoms with E-state index in [-0.39, 0.29) is 11.9 Å². The average Bonchev–Trinajstić information content (AvgIpc) is 2.18. The summed E-state index contributed by atoms with van der Waals surface area (Å²) in [7, 11) is 0. The largest absolute Gasteiger partial charge is 0.426 e. The van der Waals surface area contributed by atoms with Crippen LogP contribution in [-0.2, 0) is 11.2 Å². The van der Waals surface area contributed by atoms with Crippen LogP contribution in [0, 0.1) is 12.8 Å². The molecule has 1 radical (unpaired) electrons. The number of carbonyl (C=O) groups excluding carboxylic acids is 1. The molecule has 0 fully saturated rings. The molecule has 0 saturated carbocycles. The van der Waals surface area contributed by atoms with Gasteiger partial charge in [0.15, 0.2) is 0 Å². The highest BCUT2D eigenvalue weighted by Gasteiger charge is 2.11. The first-order valence-electron chi connectivity index (χ1n) is 4.74. The Bertz CT molecular complexity index is 316. The highest BCUT2D eigenvalue weighted by Crippen LogP contribution is 2.19. The van der Waals surface area contributed by atoms with Gasteiger partial charge in [-0.1, -0.05) is 32.0 Å². The highest BCUT2D eigenvalue weighted by molar-refractivity contribution is 5.74. The van der Waals surface area contributed by atoms with Crippen LogP contribution in [0.25, 0.3) is 0 Å². The van der Waals surface area contributed by atoms with Crippen molar-refractivity contribution in [3.8, 4) is 5.75 Å². The molecule has 0 unspecified atom stereocenters. The van der Waals surface area contributed by atoms with Crippen LogP contribution in [0.4, 0.5) is 0 Å². The average molecular weight is 191 g/mol. The minimum atomic E-state index is -0.203. The molecule has 0 saturated heterocycles. The topological polar surface area (TPSA) is 26.3 Å². The summed E-state index contributed by atoms with van der Waals surface area (Å²) in [5.41, 5.74) is 0.960. The quantitative estimate of drug-likeness (QED) is 0.542. The van der Waals surface area contributed by atoms with Gasteiger partial charge in [0, 0.05) is 0 Å². The number of carbonyl (C=O) groups is 1. The molecule has 2 nitrogen and oxygen atoms in total. The van der Waals surface area contributed by atoms with Gasteiger partial charge in [-0.05, 0) is 25.0 Å². The minimum absolute atomic E-state index is 0.104. The molecule has 1 rings (SSSR count).